The average Bonchev–Trinajstić information content (AvgIpc) is 3.14. The van der Waals surface area contributed by atoms with Crippen LogP contribution in [0.4, 0.5) is 0 Å². The maximum absolute atomic E-state index is 12.7. The van der Waals surface area contributed by atoms with Crippen molar-refractivity contribution in [2.45, 2.75) is 149 Å². The SMILES string of the molecule is CCCCCCCCCCCC(=O)O[C@H]1CC[C@H]2[C@@H]3CC[C@H]4CC(=O)CC[C@]4(C)[C@H]3CC[C@]12C. The Morgan fingerprint density at radius 2 is 1.50 bits per heavy atom. The van der Waals surface area contributed by atoms with Gasteiger partial charge in [0.2, 0.25) is 0 Å². The Morgan fingerprint density at radius 1 is 0.824 bits per heavy atom. The van der Waals surface area contributed by atoms with Crippen LogP contribution in [0.3, 0.4) is 0 Å². The summed E-state index contributed by atoms with van der Waals surface area (Å²) >= 11 is 0. The molecule has 0 radical (unpaired) electrons. The molecule has 4 saturated carbocycles. The Hall–Kier alpha value is -0.860. The third-order valence-corrected chi connectivity index (χ3v) is 11.2. The Bertz CT molecular complexity index is 701. The molecule has 0 aromatic heterocycles. The number of fused-ring (bicyclic) bond motifs is 5. The van der Waals surface area contributed by atoms with Crippen LogP contribution in [0.1, 0.15) is 143 Å². The van der Waals surface area contributed by atoms with Gasteiger partial charge in [0.05, 0.1) is 0 Å². The minimum absolute atomic E-state index is 0.0541. The van der Waals surface area contributed by atoms with Crippen LogP contribution >= 0.6 is 0 Å². The highest BCUT2D eigenvalue weighted by Crippen LogP contribution is 2.66. The van der Waals surface area contributed by atoms with Crippen molar-refractivity contribution in [3.8, 4) is 0 Å². The Morgan fingerprint density at radius 3 is 2.24 bits per heavy atom. The standard InChI is InChI=1S/C31H52O3/c1-4-5-6-7-8-9-10-11-12-13-29(33)34-28-17-16-26-25-15-14-23-22-24(32)18-20-30(23,2)27(25)19-21-31(26,28)3/h23,25-28H,4-22H2,1-3H3/t23-,25-,26-,27-,28-,30-,31-/m0/s1. The zero-order valence-corrected chi connectivity index (χ0v) is 22.5. The van der Waals surface area contributed by atoms with Gasteiger partial charge in [0.1, 0.15) is 11.9 Å². The maximum Gasteiger partial charge on any atom is 0.306 e. The number of ether oxygens (including phenoxy) is 1. The zero-order chi connectivity index (χ0) is 24.2. The van der Waals surface area contributed by atoms with Crippen molar-refractivity contribution >= 4 is 11.8 Å². The van der Waals surface area contributed by atoms with Gasteiger partial charge in [-0.1, -0.05) is 72.1 Å². The van der Waals surface area contributed by atoms with Gasteiger partial charge in [-0.05, 0) is 80.5 Å². The molecule has 0 spiro atoms. The highest BCUT2D eigenvalue weighted by atomic mass is 16.5. The first-order chi connectivity index (χ1) is 16.4. The second-order valence-electron chi connectivity index (χ2n) is 13.1. The maximum atomic E-state index is 12.7. The lowest BCUT2D eigenvalue weighted by Gasteiger charge is -2.60. The molecule has 3 nitrogen and oxygen atoms in total. The van der Waals surface area contributed by atoms with Gasteiger partial charge in [0, 0.05) is 24.7 Å². The molecular formula is C31H52O3. The summed E-state index contributed by atoms with van der Waals surface area (Å²) < 4.78 is 6.20. The van der Waals surface area contributed by atoms with Crippen molar-refractivity contribution < 1.29 is 14.3 Å². The van der Waals surface area contributed by atoms with Crippen molar-refractivity contribution in [2.75, 3.05) is 0 Å². The van der Waals surface area contributed by atoms with E-state index in [1.165, 1.54) is 83.5 Å². The Labute approximate surface area is 209 Å². The third-order valence-electron chi connectivity index (χ3n) is 11.2. The van der Waals surface area contributed by atoms with Gasteiger partial charge in [-0.25, -0.2) is 0 Å². The molecule has 0 bridgehead atoms. The largest absolute Gasteiger partial charge is 0.462 e. The number of ketones is 1. The normalized spacial score (nSPS) is 39.3. The van der Waals surface area contributed by atoms with E-state index in [2.05, 4.69) is 20.8 Å². The first-order valence-corrected chi connectivity index (χ1v) is 15.1. The molecule has 194 valence electrons. The van der Waals surface area contributed by atoms with E-state index in [0.29, 0.717) is 29.5 Å². The molecule has 4 aliphatic carbocycles. The highest BCUT2D eigenvalue weighted by molar-refractivity contribution is 5.79. The lowest BCUT2D eigenvalue weighted by Crippen LogP contribution is -2.54. The van der Waals surface area contributed by atoms with Gasteiger partial charge < -0.3 is 4.74 Å². The Kier molecular flexibility index (Phi) is 8.84. The third kappa shape index (κ3) is 5.44. The summed E-state index contributed by atoms with van der Waals surface area (Å²) in [5.41, 5.74) is 0.534. The molecule has 0 amide bonds. The minimum atomic E-state index is 0.0541. The predicted octanol–water partition coefficient (Wildman–Crippen LogP) is 8.43. The zero-order valence-electron chi connectivity index (χ0n) is 22.5. The smallest absolute Gasteiger partial charge is 0.306 e. The number of unbranched alkanes of at least 4 members (excludes halogenated alkanes) is 8. The van der Waals surface area contributed by atoms with Gasteiger partial charge >= 0.3 is 5.97 Å². The number of rotatable bonds is 11. The number of hydrogen-bond donors (Lipinski definition) is 0. The van der Waals surface area contributed by atoms with Gasteiger partial charge in [-0.3, -0.25) is 9.59 Å². The summed E-state index contributed by atoms with van der Waals surface area (Å²) in [5.74, 6) is 3.42. The lowest BCUT2D eigenvalue weighted by atomic mass is 9.45. The molecule has 4 aliphatic rings. The molecule has 0 heterocycles. The van der Waals surface area contributed by atoms with Crippen LogP contribution in [0, 0.1) is 34.5 Å². The summed E-state index contributed by atoms with van der Waals surface area (Å²) in [6.07, 6.45) is 22.3. The van der Waals surface area contributed by atoms with E-state index in [1.807, 2.05) is 0 Å². The molecule has 0 aromatic carbocycles. The second-order valence-corrected chi connectivity index (χ2v) is 13.1. The topological polar surface area (TPSA) is 43.4 Å². The summed E-state index contributed by atoms with van der Waals surface area (Å²) in [5, 5.41) is 0. The van der Waals surface area contributed by atoms with Gasteiger partial charge in [-0.2, -0.15) is 0 Å². The van der Waals surface area contributed by atoms with Crippen molar-refractivity contribution in [1.29, 1.82) is 0 Å². The fourth-order valence-electron chi connectivity index (χ4n) is 8.99. The number of carbonyl (C=O) groups is 2. The van der Waals surface area contributed by atoms with Crippen molar-refractivity contribution in [2.24, 2.45) is 34.5 Å². The molecule has 3 heteroatoms. The summed E-state index contributed by atoms with van der Waals surface area (Å²) in [6, 6.07) is 0. The van der Waals surface area contributed by atoms with Crippen LogP contribution in [0.2, 0.25) is 0 Å². The fourth-order valence-corrected chi connectivity index (χ4v) is 8.99. The molecular weight excluding hydrogens is 420 g/mol. The summed E-state index contributed by atoms with van der Waals surface area (Å²) in [7, 11) is 0. The quantitative estimate of drug-likeness (QED) is 0.224. The molecule has 0 saturated heterocycles. The van der Waals surface area contributed by atoms with Crippen molar-refractivity contribution in [1.82, 2.24) is 0 Å². The predicted molar refractivity (Wildman–Crippen MR) is 138 cm³/mol. The van der Waals surface area contributed by atoms with E-state index in [0.717, 1.165) is 43.9 Å². The van der Waals surface area contributed by atoms with Crippen LogP contribution in [0.5, 0.6) is 0 Å². The minimum Gasteiger partial charge on any atom is -0.462 e. The fraction of sp³-hybridized carbons (Fsp3) is 0.935. The highest BCUT2D eigenvalue weighted by Gasteiger charge is 2.61. The van der Waals surface area contributed by atoms with Gasteiger partial charge in [0.15, 0.2) is 0 Å². The molecule has 4 rings (SSSR count). The number of Topliss-reactive ketones (excluding diaryl/α,β-unsaturated/α-hetero) is 1. The van der Waals surface area contributed by atoms with Crippen LogP contribution in [-0.4, -0.2) is 17.9 Å². The lowest BCUT2D eigenvalue weighted by molar-refractivity contribution is -0.164. The number of esters is 1. The van der Waals surface area contributed by atoms with E-state index in [9.17, 15) is 9.59 Å². The summed E-state index contributed by atoms with van der Waals surface area (Å²) in [4.78, 5) is 24.8. The van der Waals surface area contributed by atoms with Gasteiger partial charge in [0.25, 0.3) is 0 Å². The van der Waals surface area contributed by atoms with Gasteiger partial charge in [-0.15, -0.1) is 0 Å². The van der Waals surface area contributed by atoms with E-state index < -0.39 is 0 Å². The first kappa shape index (κ1) is 26.2. The van der Waals surface area contributed by atoms with Crippen LogP contribution < -0.4 is 0 Å². The molecule has 0 unspecified atom stereocenters. The van der Waals surface area contributed by atoms with Crippen LogP contribution in [-0.2, 0) is 14.3 Å². The van der Waals surface area contributed by atoms with Crippen LogP contribution in [0.15, 0.2) is 0 Å². The molecule has 4 fully saturated rings. The molecule has 0 N–H and O–H groups in total. The summed E-state index contributed by atoms with van der Waals surface area (Å²) in [6.45, 7) is 7.22. The number of hydrogen-bond acceptors (Lipinski definition) is 3. The first-order valence-electron chi connectivity index (χ1n) is 15.1. The van der Waals surface area contributed by atoms with E-state index in [1.54, 1.807) is 0 Å². The van der Waals surface area contributed by atoms with E-state index in [-0.39, 0.29) is 17.5 Å². The van der Waals surface area contributed by atoms with Crippen LogP contribution in [0.25, 0.3) is 0 Å². The number of carbonyl (C=O) groups excluding carboxylic acids is 2. The average molecular weight is 473 g/mol. The van der Waals surface area contributed by atoms with E-state index in [4.69, 9.17) is 4.74 Å². The molecule has 34 heavy (non-hydrogen) atoms. The molecule has 0 aromatic rings. The van der Waals surface area contributed by atoms with Crippen molar-refractivity contribution in [3.05, 3.63) is 0 Å². The van der Waals surface area contributed by atoms with Crippen molar-refractivity contribution in [3.63, 3.8) is 0 Å². The monoisotopic (exact) mass is 472 g/mol. The van der Waals surface area contributed by atoms with E-state index >= 15 is 0 Å². The Balaban J connectivity index is 1.22. The molecule has 7 atom stereocenters. The second kappa shape index (κ2) is 11.5. The molecule has 0 aliphatic heterocycles.